The molecule has 2 aliphatic rings. The molecule has 37 heavy (non-hydrogen) atoms. The molecule has 8 heteroatoms. The minimum Gasteiger partial charge on any atom is -0.479 e. The van der Waals surface area contributed by atoms with Crippen LogP contribution in [0.3, 0.4) is 0 Å². The van der Waals surface area contributed by atoms with Crippen molar-refractivity contribution in [2.24, 2.45) is 17.8 Å². The van der Waals surface area contributed by atoms with E-state index in [4.69, 9.17) is 9.57 Å². The molecule has 0 saturated heterocycles. The van der Waals surface area contributed by atoms with Gasteiger partial charge in [-0.3, -0.25) is 9.59 Å². The van der Waals surface area contributed by atoms with Gasteiger partial charge in [0, 0.05) is 11.6 Å². The number of carboxylic acids is 1. The van der Waals surface area contributed by atoms with Crippen molar-refractivity contribution in [2.45, 2.75) is 90.4 Å². The van der Waals surface area contributed by atoms with Crippen LogP contribution in [-0.4, -0.2) is 41.3 Å². The topological polar surface area (TPSA) is 114 Å². The second-order valence-electron chi connectivity index (χ2n) is 10.8. The van der Waals surface area contributed by atoms with Gasteiger partial charge in [0.1, 0.15) is 5.54 Å². The van der Waals surface area contributed by atoms with Crippen molar-refractivity contribution in [3.63, 3.8) is 0 Å². The van der Waals surface area contributed by atoms with Gasteiger partial charge in [0.2, 0.25) is 0 Å². The lowest BCUT2D eigenvalue weighted by Crippen LogP contribution is -2.63. The third-order valence-electron chi connectivity index (χ3n) is 7.49. The molecule has 3 N–H and O–H groups in total. The normalized spacial score (nSPS) is 19.6. The second-order valence-corrected chi connectivity index (χ2v) is 10.8. The van der Waals surface area contributed by atoms with Gasteiger partial charge in [-0.1, -0.05) is 58.1 Å². The van der Waals surface area contributed by atoms with Crippen LogP contribution in [0, 0.1) is 17.8 Å². The van der Waals surface area contributed by atoms with Crippen LogP contribution in [0.1, 0.15) is 94.5 Å². The van der Waals surface area contributed by atoms with Crippen molar-refractivity contribution in [1.82, 2.24) is 10.8 Å². The predicted molar refractivity (Wildman–Crippen MR) is 141 cm³/mol. The fourth-order valence-electron chi connectivity index (χ4n) is 5.63. The first-order valence-electron chi connectivity index (χ1n) is 13.6. The maximum atomic E-state index is 13.4. The molecule has 0 bridgehead atoms. The number of hydroxylamine groups is 1. The van der Waals surface area contributed by atoms with E-state index in [2.05, 4.69) is 10.8 Å². The second kappa shape index (κ2) is 13.7. The van der Waals surface area contributed by atoms with Gasteiger partial charge in [-0.15, -0.1) is 0 Å². The van der Waals surface area contributed by atoms with Gasteiger partial charge in [0.15, 0.2) is 6.29 Å². The van der Waals surface area contributed by atoms with Crippen LogP contribution in [-0.2, 0) is 19.2 Å². The molecule has 2 fully saturated rings. The third-order valence-corrected chi connectivity index (χ3v) is 7.49. The Morgan fingerprint density at radius 3 is 2.24 bits per heavy atom. The highest BCUT2D eigenvalue weighted by atomic mass is 16.8. The number of carbonyl (C=O) groups excluding carboxylic acids is 2. The summed E-state index contributed by atoms with van der Waals surface area (Å²) in [5.41, 5.74) is 2.10. The van der Waals surface area contributed by atoms with Gasteiger partial charge >= 0.3 is 5.97 Å². The average molecular weight is 515 g/mol. The van der Waals surface area contributed by atoms with Crippen LogP contribution in [0.2, 0.25) is 0 Å². The minimum absolute atomic E-state index is 0.0595. The van der Waals surface area contributed by atoms with Gasteiger partial charge in [-0.25, -0.2) is 15.1 Å². The molecule has 3 rings (SSSR count). The molecule has 2 aliphatic carbocycles. The Bertz CT molecular complexity index is 949. The molecule has 2 amide bonds. The smallest absolute Gasteiger partial charge is 0.330 e. The monoisotopic (exact) mass is 514 g/mol. The average Bonchev–Trinajstić information content (AvgIpc) is 3.44. The van der Waals surface area contributed by atoms with Crippen molar-refractivity contribution >= 4 is 23.9 Å². The van der Waals surface area contributed by atoms with Crippen LogP contribution in [0.5, 0.6) is 0 Å². The summed E-state index contributed by atoms with van der Waals surface area (Å²) in [6.07, 6.45) is 10.7. The van der Waals surface area contributed by atoms with Crippen molar-refractivity contribution in [2.75, 3.05) is 6.61 Å². The highest BCUT2D eigenvalue weighted by Crippen LogP contribution is 2.44. The number of amides is 2. The summed E-state index contributed by atoms with van der Waals surface area (Å²) in [6, 6.07) is 6.84. The van der Waals surface area contributed by atoms with E-state index < -0.39 is 23.7 Å². The summed E-state index contributed by atoms with van der Waals surface area (Å²) in [7, 11) is 0. The van der Waals surface area contributed by atoms with Crippen LogP contribution in [0.25, 0.3) is 6.08 Å². The number of benzene rings is 1. The van der Waals surface area contributed by atoms with Crippen LogP contribution in [0.15, 0.2) is 30.3 Å². The molecule has 1 unspecified atom stereocenters. The molecule has 0 aromatic heterocycles. The Balaban J connectivity index is 1.68. The number of hydrogen-bond acceptors (Lipinski definition) is 5. The molecule has 8 nitrogen and oxygen atoms in total. The molecule has 204 valence electrons. The molecular formula is C29H42N2O6. The van der Waals surface area contributed by atoms with Gasteiger partial charge in [-0.2, -0.15) is 0 Å². The first-order chi connectivity index (χ1) is 17.7. The summed E-state index contributed by atoms with van der Waals surface area (Å²) in [6.45, 7) is 6.26. The third kappa shape index (κ3) is 7.89. The fourth-order valence-corrected chi connectivity index (χ4v) is 5.63. The number of carbonyl (C=O) groups is 3. The van der Waals surface area contributed by atoms with E-state index in [0.29, 0.717) is 23.7 Å². The van der Waals surface area contributed by atoms with Crippen LogP contribution >= 0.6 is 0 Å². The van der Waals surface area contributed by atoms with E-state index in [1.54, 1.807) is 37.3 Å². The summed E-state index contributed by atoms with van der Waals surface area (Å²) in [5.74, 6) is -1.54. The van der Waals surface area contributed by atoms with Crippen LogP contribution in [0.4, 0.5) is 0 Å². The van der Waals surface area contributed by atoms with Gasteiger partial charge in [0.25, 0.3) is 11.8 Å². The molecular weight excluding hydrogens is 472 g/mol. The number of aliphatic carboxylic acids is 1. The Labute approximate surface area is 220 Å². The predicted octanol–water partition coefficient (Wildman–Crippen LogP) is 5.09. The lowest BCUT2D eigenvalue weighted by Gasteiger charge is -2.44. The zero-order valence-corrected chi connectivity index (χ0v) is 22.3. The number of nitrogens with one attached hydrogen (secondary N) is 2. The van der Waals surface area contributed by atoms with Gasteiger partial charge < -0.3 is 15.2 Å². The van der Waals surface area contributed by atoms with E-state index in [9.17, 15) is 19.5 Å². The van der Waals surface area contributed by atoms with Crippen molar-refractivity contribution < 1.29 is 29.1 Å². The van der Waals surface area contributed by atoms with E-state index in [1.165, 1.54) is 6.08 Å². The first-order valence-corrected chi connectivity index (χ1v) is 13.6. The lowest BCUT2D eigenvalue weighted by atomic mass is 9.67. The van der Waals surface area contributed by atoms with Crippen molar-refractivity contribution in [3.8, 4) is 0 Å². The number of carboxylic acid groups (broad SMARTS) is 1. The highest BCUT2D eigenvalue weighted by molar-refractivity contribution is 5.99. The van der Waals surface area contributed by atoms with Crippen LogP contribution < -0.4 is 10.8 Å². The SMILES string of the molecule is CC(C)COC(C)ONC(=O)C=Cc1cccc(C(=O)N[C@](C(=O)O)(C2CCCCC2)C2CCCC2)c1. The Morgan fingerprint density at radius 2 is 1.65 bits per heavy atom. The van der Waals surface area contributed by atoms with Crippen molar-refractivity contribution in [3.05, 3.63) is 41.5 Å². The van der Waals surface area contributed by atoms with E-state index in [0.717, 1.165) is 57.8 Å². The standard InChI is InChI=1S/C29H42N2O6/c1-20(2)19-36-21(3)37-31-26(32)17-16-22-10-9-11-23(18-22)27(33)30-29(28(34)35,25-14-7-8-15-25)24-12-5-4-6-13-24/h9-11,16-18,20-21,24-25H,4-8,12-15,19H2,1-3H3,(H,30,33)(H,31,32)(H,34,35)/t21?,29-/m1/s1. The van der Waals surface area contributed by atoms with E-state index >= 15 is 0 Å². The Hall–Kier alpha value is -2.71. The molecule has 0 heterocycles. The Kier molecular flexibility index (Phi) is 10.7. The zero-order valence-electron chi connectivity index (χ0n) is 22.3. The molecule has 0 aliphatic heterocycles. The summed E-state index contributed by atoms with van der Waals surface area (Å²) in [4.78, 5) is 43.6. The molecule has 2 saturated carbocycles. The fraction of sp³-hybridized carbons (Fsp3) is 0.621. The number of rotatable bonds is 12. The molecule has 0 radical (unpaired) electrons. The Morgan fingerprint density at radius 1 is 1.03 bits per heavy atom. The van der Waals surface area contributed by atoms with Gasteiger partial charge in [0.05, 0.1) is 6.61 Å². The quantitative estimate of drug-likeness (QED) is 0.203. The van der Waals surface area contributed by atoms with E-state index in [-0.39, 0.29) is 17.7 Å². The summed E-state index contributed by atoms with van der Waals surface area (Å²) < 4.78 is 5.45. The first kappa shape index (κ1) is 28.9. The minimum atomic E-state index is -1.24. The summed E-state index contributed by atoms with van der Waals surface area (Å²) in [5, 5.41) is 13.5. The maximum Gasteiger partial charge on any atom is 0.330 e. The zero-order chi connectivity index (χ0) is 26.8. The molecule has 0 spiro atoms. The maximum absolute atomic E-state index is 13.4. The molecule has 2 atom stereocenters. The summed E-state index contributed by atoms with van der Waals surface area (Å²) >= 11 is 0. The largest absolute Gasteiger partial charge is 0.479 e. The molecule has 1 aromatic carbocycles. The number of hydrogen-bond donors (Lipinski definition) is 3. The van der Waals surface area contributed by atoms with Crippen molar-refractivity contribution in [1.29, 1.82) is 0 Å². The molecule has 1 aromatic rings. The van der Waals surface area contributed by atoms with E-state index in [1.807, 2.05) is 13.8 Å². The number of ether oxygens (including phenoxy) is 1. The van der Waals surface area contributed by atoms with Gasteiger partial charge in [-0.05, 0) is 74.1 Å². The lowest BCUT2D eigenvalue weighted by molar-refractivity contribution is -0.180. The highest BCUT2D eigenvalue weighted by Gasteiger charge is 2.53.